The fourth-order valence-electron chi connectivity index (χ4n) is 0.499. The lowest BCUT2D eigenvalue weighted by molar-refractivity contribution is 0.0992. The van der Waals surface area contributed by atoms with Crippen molar-refractivity contribution in [1.29, 1.82) is 0 Å². The van der Waals surface area contributed by atoms with E-state index < -0.39 is 14.2 Å². The van der Waals surface area contributed by atoms with Crippen LogP contribution in [-0.4, -0.2) is 31.0 Å². The summed E-state index contributed by atoms with van der Waals surface area (Å²) in [6.07, 6.45) is -0.278. The standard InChI is InChI=1S/C8H16O2Si/c1-11(2,3)6-4-5-8(10)7-9/h8-10H,5,7H2,1-3H3/t8-/m0/s1. The van der Waals surface area contributed by atoms with E-state index in [1.54, 1.807) is 0 Å². The Morgan fingerprint density at radius 3 is 2.27 bits per heavy atom. The van der Waals surface area contributed by atoms with E-state index >= 15 is 0 Å². The van der Waals surface area contributed by atoms with E-state index in [1.807, 2.05) is 0 Å². The molecule has 2 nitrogen and oxygen atoms in total. The Morgan fingerprint density at radius 2 is 1.91 bits per heavy atom. The highest BCUT2D eigenvalue weighted by molar-refractivity contribution is 6.83. The molecule has 0 heterocycles. The third-order valence-corrected chi connectivity index (χ3v) is 1.94. The molecule has 0 aromatic carbocycles. The average Bonchev–Trinajstić information content (AvgIpc) is 1.85. The van der Waals surface area contributed by atoms with Crippen molar-refractivity contribution < 1.29 is 10.2 Å². The van der Waals surface area contributed by atoms with Crippen LogP contribution in [0.3, 0.4) is 0 Å². The minimum Gasteiger partial charge on any atom is -0.394 e. The van der Waals surface area contributed by atoms with E-state index in [0.29, 0.717) is 6.42 Å². The predicted molar refractivity (Wildman–Crippen MR) is 48.8 cm³/mol. The van der Waals surface area contributed by atoms with Gasteiger partial charge in [-0.05, 0) is 0 Å². The summed E-state index contributed by atoms with van der Waals surface area (Å²) >= 11 is 0. The second-order valence-corrected chi connectivity index (χ2v) is 8.34. The summed E-state index contributed by atoms with van der Waals surface area (Å²) in [6, 6.07) is 0. The van der Waals surface area contributed by atoms with Crippen LogP contribution in [0.25, 0.3) is 0 Å². The minimum atomic E-state index is -1.29. The number of aliphatic hydroxyl groups is 2. The van der Waals surface area contributed by atoms with Gasteiger partial charge in [-0.2, -0.15) is 0 Å². The first-order valence-corrected chi connectivity index (χ1v) is 7.24. The van der Waals surface area contributed by atoms with E-state index in [1.165, 1.54) is 0 Å². The smallest absolute Gasteiger partial charge is 0.129 e. The zero-order valence-electron chi connectivity index (χ0n) is 7.39. The van der Waals surface area contributed by atoms with E-state index in [0.717, 1.165) is 0 Å². The molecule has 0 saturated heterocycles. The topological polar surface area (TPSA) is 40.5 Å². The van der Waals surface area contributed by atoms with Gasteiger partial charge >= 0.3 is 0 Å². The molecule has 0 aromatic heterocycles. The SMILES string of the molecule is C[Si](C)(C)C#CC[C@H](O)CO. The summed E-state index contributed by atoms with van der Waals surface area (Å²) in [5.41, 5.74) is 3.10. The average molecular weight is 172 g/mol. The van der Waals surface area contributed by atoms with Gasteiger partial charge in [-0.15, -0.1) is 11.5 Å². The van der Waals surface area contributed by atoms with Crippen LogP contribution in [0.1, 0.15) is 6.42 Å². The van der Waals surface area contributed by atoms with Gasteiger partial charge in [0.25, 0.3) is 0 Å². The molecule has 64 valence electrons. The molecule has 2 N–H and O–H groups in total. The second kappa shape index (κ2) is 4.55. The Balaban J connectivity index is 3.73. The fourth-order valence-corrected chi connectivity index (χ4v) is 1.13. The third-order valence-electron chi connectivity index (χ3n) is 1.01. The molecule has 0 aliphatic heterocycles. The van der Waals surface area contributed by atoms with Gasteiger partial charge in [0.2, 0.25) is 0 Å². The maximum absolute atomic E-state index is 8.92. The Morgan fingerprint density at radius 1 is 1.36 bits per heavy atom. The lowest BCUT2D eigenvalue weighted by atomic mass is 10.3. The largest absolute Gasteiger partial charge is 0.394 e. The van der Waals surface area contributed by atoms with Crippen molar-refractivity contribution in [1.82, 2.24) is 0 Å². The zero-order chi connectivity index (χ0) is 8.91. The van der Waals surface area contributed by atoms with Crippen molar-refractivity contribution in [2.75, 3.05) is 6.61 Å². The number of rotatable bonds is 2. The van der Waals surface area contributed by atoms with Crippen LogP contribution in [0.5, 0.6) is 0 Å². The molecule has 0 aliphatic carbocycles. The minimum absolute atomic E-state index is 0.194. The van der Waals surface area contributed by atoms with Gasteiger partial charge in [0.1, 0.15) is 8.07 Å². The Kier molecular flexibility index (Phi) is 4.42. The molecule has 0 spiro atoms. The zero-order valence-corrected chi connectivity index (χ0v) is 8.39. The van der Waals surface area contributed by atoms with Gasteiger partial charge in [0.05, 0.1) is 12.7 Å². The highest BCUT2D eigenvalue weighted by Gasteiger charge is 2.07. The molecule has 1 atom stereocenters. The second-order valence-electron chi connectivity index (χ2n) is 3.59. The van der Waals surface area contributed by atoms with Gasteiger partial charge < -0.3 is 10.2 Å². The summed E-state index contributed by atoms with van der Waals surface area (Å²) in [5.74, 6) is 2.88. The molecular weight excluding hydrogens is 156 g/mol. The summed E-state index contributed by atoms with van der Waals surface area (Å²) < 4.78 is 0. The lowest BCUT2D eigenvalue weighted by Gasteiger charge is -2.04. The van der Waals surface area contributed by atoms with Crippen molar-refractivity contribution in [3.05, 3.63) is 0 Å². The summed E-state index contributed by atoms with van der Waals surface area (Å²) in [6.45, 7) is 6.24. The van der Waals surface area contributed by atoms with Crippen molar-refractivity contribution in [2.24, 2.45) is 0 Å². The van der Waals surface area contributed by atoms with Crippen LogP contribution in [0.15, 0.2) is 0 Å². The maximum atomic E-state index is 8.92. The monoisotopic (exact) mass is 172 g/mol. The van der Waals surface area contributed by atoms with E-state index in [4.69, 9.17) is 10.2 Å². The molecule has 0 bridgehead atoms. The van der Waals surface area contributed by atoms with Crippen molar-refractivity contribution in [2.45, 2.75) is 32.2 Å². The fraction of sp³-hybridized carbons (Fsp3) is 0.750. The van der Waals surface area contributed by atoms with Gasteiger partial charge in [-0.3, -0.25) is 0 Å². The molecule has 11 heavy (non-hydrogen) atoms. The van der Waals surface area contributed by atoms with Gasteiger partial charge in [-0.1, -0.05) is 19.6 Å². The molecule has 0 aliphatic rings. The van der Waals surface area contributed by atoms with Gasteiger partial charge in [0.15, 0.2) is 0 Å². The Hall–Kier alpha value is -0.303. The molecule has 0 radical (unpaired) electrons. The van der Waals surface area contributed by atoms with Crippen molar-refractivity contribution in [3.63, 3.8) is 0 Å². The van der Waals surface area contributed by atoms with Crippen LogP contribution in [0.2, 0.25) is 19.6 Å². The van der Waals surface area contributed by atoms with Crippen LogP contribution in [0.4, 0.5) is 0 Å². The number of aliphatic hydroxyl groups excluding tert-OH is 2. The highest BCUT2D eigenvalue weighted by atomic mass is 28.3. The quantitative estimate of drug-likeness (QED) is 0.473. The molecule has 0 unspecified atom stereocenters. The first-order valence-electron chi connectivity index (χ1n) is 3.74. The van der Waals surface area contributed by atoms with Crippen molar-refractivity contribution >= 4 is 8.07 Å². The summed E-state index contributed by atoms with van der Waals surface area (Å²) in [7, 11) is -1.29. The van der Waals surface area contributed by atoms with Gasteiger partial charge in [0, 0.05) is 6.42 Å². The number of hydrogen-bond acceptors (Lipinski definition) is 2. The molecule has 0 rings (SSSR count). The number of hydrogen-bond donors (Lipinski definition) is 2. The molecule has 0 fully saturated rings. The van der Waals surface area contributed by atoms with Crippen LogP contribution in [-0.2, 0) is 0 Å². The van der Waals surface area contributed by atoms with Crippen molar-refractivity contribution in [3.8, 4) is 11.5 Å². The van der Waals surface area contributed by atoms with Crippen LogP contribution < -0.4 is 0 Å². The predicted octanol–water partition coefficient (Wildman–Crippen LogP) is 0.610. The van der Waals surface area contributed by atoms with Crippen LogP contribution >= 0.6 is 0 Å². The normalized spacial score (nSPS) is 13.5. The Bertz CT molecular complexity index is 161. The van der Waals surface area contributed by atoms with E-state index in [-0.39, 0.29) is 6.61 Å². The van der Waals surface area contributed by atoms with E-state index in [9.17, 15) is 0 Å². The maximum Gasteiger partial charge on any atom is 0.129 e. The third kappa shape index (κ3) is 7.60. The summed E-state index contributed by atoms with van der Waals surface area (Å²) in [4.78, 5) is 0. The summed E-state index contributed by atoms with van der Waals surface area (Å²) in [5, 5.41) is 17.4. The van der Waals surface area contributed by atoms with Crippen LogP contribution in [0, 0.1) is 11.5 Å². The molecule has 3 heteroatoms. The first kappa shape index (κ1) is 10.7. The molecular formula is C8H16O2Si. The highest BCUT2D eigenvalue weighted by Crippen LogP contribution is 1.97. The van der Waals surface area contributed by atoms with E-state index in [2.05, 4.69) is 31.1 Å². The molecule has 0 aromatic rings. The first-order chi connectivity index (χ1) is 4.95. The Labute approximate surface area is 69.3 Å². The molecule has 0 saturated carbocycles. The van der Waals surface area contributed by atoms with Gasteiger partial charge in [-0.25, -0.2) is 0 Å². The lowest BCUT2D eigenvalue weighted by Crippen LogP contribution is -2.17. The molecule has 0 amide bonds.